The van der Waals surface area contributed by atoms with Crippen molar-refractivity contribution in [2.75, 3.05) is 12.3 Å². The fraction of sp³-hybridized carbons (Fsp3) is 0.400. The fourth-order valence-corrected chi connectivity index (χ4v) is 1.38. The van der Waals surface area contributed by atoms with E-state index in [0.717, 1.165) is 6.07 Å². The van der Waals surface area contributed by atoms with Crippen molar-refractivity contribution >= 4 is 5.69 Å². The van der Waals surface area contributed by atoms with E-state index in [2.05, 4.69) is 0 Å². The third-order valence-electron chi connectivity index (χ3n) is 2.25. The molecule has 0 aliphatic heterocycles. The summed E-state index contributed by atoms with van der Waals surface area (Å²) in [7, 11) is 0. The molecule has 2 unspecified atom stereocenters. The predicted molar refractivity (Wildman–Crippen MR) is 53.9 cm³/mol. The van der Waals surface area contributed by atoms with Crippen LogP contribution >= 0.6 is 0 Å². The van der Waals surface area contributed by atoms with E-state index in [9.17, 15) is 18.3 Å². The Morgan fingerprint density at radius 3 is 2.29 bits per heavy atom. The van der Waals surface area contributed by atoms with Crippen LogP contribution in [-0.2, 0) is 6.18 Å². The summed E-state index contributed by atoms with van der Waals surface area (Å²) in [5, 5.41) is 27.2. The van der Waals surface area contributed by atoms with Gasteiger partial charge in [0.1, 0.15) is 12.2 Å². The van der Waals surface area contributed by atoms with Crippen LogP contribution in [0, 0.1) is 0 Å². The molecule has 0 fully saturated rings. The first-order chi connectivity index (χ1) is 7.77. The number of alkyl halides is 3. The van der Waals surface area contributed by atoms with Crippen LogP contribution in [0.5, 0.6) is 0 Å². The molecule has 17 heavy (non-hydrogen) atoms. The van der Waals surface area contributed by atoms with E-state index >= 15 is 0 Å². The molecule has 1 aromatic carbocycles. The van der Waals surface area contributed by atoms with Crippen molar-refractivity contribution in [1.29, 1.82) is 0 Å². The lowest BCUT2D eigenvalue weighted by molar-refractivity contribution is -0.140. The Hall–Kier alpha value is -1.31. The van der Waals surface area contributed by atoms with Gasteiger partial charge in [0, 0.05) is 5.69 Å². The van der Waals surface area contributed by atoms with Gasteiger partial charge in [-0.25, -0.2) is 0 Å². The first-order valence-corrected chi connectivity index (χ1v) is 4.71. The number of aliphatic hydroxyl groups is 3. The largest absolute Gasteiger partial charge is 0.416 e. The molecule has 0 radical (unpaired) electrons. The minimum atomic E-state index is -4.69. The summed E-state index contributed by atoms with van der Waals surface area (Å²) < 4.78 is 37.9. The first kappa shape index (κ1) is 13.8. The Morgan fingerprint density at radius 1 is 1.24 bits per heavy atom. The molecule has 0 saturated heterocycles. The number of hydrogen-bond donors (Lipinski definition) is 4. The van der Waals surface area contributed by atoms with E-state index in [1.54, 1.807) is 0 Å². The van der Waals surface area contributed by atoms with Gasteiger partial charge in [-0.2, -0.15) is 13.2 Å². The molecule has 0 saturated carbocycles. The molecular weight excluding hydrogens is 239 g/mol. The summed E-state index contributed by atoms with van der Waals surface area (Å²) in [6.45, 7) is -0.844. The minimum Gasteiger partial charge on any atom is -0.399 e. The average molecular weight is 251 g/mol. The number of nitrogens with two attached hydrogens (primary N) is 1. The third kappa shape index (κ3) is 3.09. The molecule has 5 N–H and O–H groups in total. The van der Waals surface area contributed by atoms with Crippen molar-refractivity contribution in [2.24, 2.45) is 0 Å². The summed E-state index contributed by atoms with van der Waals surface area (Å²) in [5.41, 5.74) is 3.49. The molecule has 0 spiro atoms. The lowest BCUT2D eigenvalue weighted by Gasteiger charge is -2.20. The van der Waals surface area contributed by atoms with Gasteiger partial charge in [0.05, 0.1) is 12.2 Å². The quantitative estimate of drug-likeness (QED) is 0.595. The summed E-state index contributed by atoms with van der Waals surface area (Å²) in [6.07, 6.45) is -8.20. The lowest BCUT2D eigenvalue weighted by atomic mass is 9.98. The van der Waals surface area contributed by atoms with Crippen LogP contribution in [0.25, 0.3) is 0 Å². The normalized spacial score (nSPS) is 15.6. The van der Waals surface area contributed by atoms with Crippen LogP contribution < -0.4 is 5.73 Å². The van der Waals surface area contributed by atoms with E-state index in [4.69, 9.17) is 15.9 Å². The second-order valence-electron chi connectivity index (χ2n) is 3.54. The van der Waals surface area contributed by atoms with Gasteiger partial charge in [0.2, 0.25) is 0 Å². The van der Waals surface area contributed by atoms with Crippen molar-refractivity contribution in [1.82, 2.24) is 0 Å². The zero-order chi connectivity index (χ0) is 13.2. The van der Waals surface area contributed by atoms with E-state index < -0.39 is 36.1 Å². The van der Waals surface area contributed by atoms with Crippen molar-refractivity contribution in [2.45, 2.75) is 18.4 Å². The highest BCUT2D eigenvalue weighted by atomic mass is 19.4. The summed E-state index contributed by atoms with van der Waals surface area (Å²) in [5.74, 6) is 0. The Balaban J connectivity index is 3.24. The molecule has 0 bridgehead atoms. The molecule has 2 atom stereocenters. The van der Waals surface area contributed by atoms with Crippen LogP contribution in [0.2, 0.25) is 0 Å². The van der Waals surface area contributed by atoms with Gasteiger partial charge in [-0.1, -0.05) is 6.07 Å². The maximum Gasteiger partial charge on any atom is 0.416 e. The molecule has 1 aromatic rings. The molecule has 0 amide bonds. The molecule has 4 nitrogen and oxygen atoms in total. The molecule has 96 valence electrons. The fourth-order valence-electron chi connectivity index (χ4n) is 1.38. The number of anilines is 1. The monoisotopic (exact) mass is 251 g/mol. The van der Waals surface area contributed by atoms with Gasteiger partial charge in [-0.05, 0) is 17.7 Å². The van der Waals surface area contributed by atoms with Crippen molar-refractivity contribution in [3.8, 4) is 0 Å². The number of nitrogen functional groups attached to an aromatic ring is 1. The van der Waals surface area contributed by atoms with E-state index in [1.165, 1.54) is 6.07 Å². The average Bonchev–Trinajstić information content (AvgIpc) is 2.25. The highest BCUT2D eigenvalue weighted by Crippen LogP contribution is 2.36. The van der Waals surface area contributed by atoms with Crippen molar-refractivity contribution < 1.29 is 28.5 Å². The number of hydrogen-bond acceptors (Lipinski definition) is 4. The maximum absolute atomic E-state index is 12.6. The summed E-state index contributed by atoms with van der Waals surface area (Å²) in [4.78, 5) is 0. The Kier molecular flexibility index (Phi) is 3.97. The summed E-state index contributed by atoms with van der Waals surface area (Å²) >= 11 is 0. The van der Waals surface area contributed by atoms with Gasteiger partial charge in [-0.3, -0.25) is 0 Å². The SMILES string of the molecule is Nc1ccc(C(O)C(O)CO)c(C(F)(F)F)c1. The second-order valence-corrected chi connectivity index (χ2v) is 3.54. The van der Waals surface area contributed by atoms with Crippen LogP contribution in [0.15, 0.2) is 18.2 Å². The molecular formula is C10H12F3NO3. The van der Waals surface area contributed by atoms with Gasteiger partial charge in [0.15, 0.2) is 0 Å². The topological polar surface area (TPSA) is 86.7 Å². The van der Waals surface area contributed by atoms with E-state index in [-0.39, 0.29) is 5.69 Å². The van der Waals surface area contributed by atoms with E-state index in [0.29, 0.717) is 6.07 Å². The van der Waals surface area contributed by atoms with Gasteiger partial charge in [-0.15, -0.1) is 0 Å². The van der Waals surface area contributed by atoms with Crippen LogP contribution in [0.4, 0.5) is 18.9 Å². The minimum absolute atomic E-state index is 0.105. The van der Waals surface area contributed by atoms with Crippen LogP contribution in [-0.4, -0.2) is 28.0 Å². The molecule has 7 heteroatoms. The summed E-state index contributed by atoms with van der Waals surface area (Å²) in [6, 6.07) is 2.82. The Morgan fingerprint density at radius 2 is 1.82 bits per heavy atom. The first-order valence-electron chi connectivity index (χ1n) is 4.71. The number of benzene rings is 1. The van der Waals surface area contributed by atoms with E-state index in [1.807, 2.05) is 0 Å². The molecule has 0 aliphatic rings. The van der Waals surface area contributed by atoms with Gasteiger partial charge in [0.25, 0.3) is 0 Å². The van der Waals surface area contributed by atoms with Crippen molar-refractivity contribution in [3.63, 3.8) is 0 Å². The Labute approximate surface area is 95.1 Å². The lowest BCUT2D eigenvalue weighted by Crippen LogP contribution is -2.24. The number of aliphatic hydroxyl groups excluding tert-OH is 3. The van der Waals surface area contributed by atoms with Crippen molar-refractivity contribution in [3.05, 3.63) is 29.3 Å². The second kappa shape index (κ2) is 4.91. The smallest absolute Gasteiger partial charge is 0.399 e. The zero-order valence-corrected chi connectivity index (χ0v) is 8.65. The zero-order valence-electron chi connectivity index (χ0n) is 8.65. The highest BCUT2D eigenvalue weighted by molar-refractivity contribution is 5.46. The molecule has 0 heterocycles. The molecule has 0 aromatic heterocycles. The maximum atomic E-state index is 12.6. The van der Waals surface area contributed by atoms with Crippen LogP contribution in [0.3, 0.4) is 0 Å². The number of rotatable bonds is 3. The number of halogens is 3. The van der Waals surface area contributed by atoms with Gasteiger partial charge < -0.3 is 21.1 Å². The third-order valence-corrected chi connectivity index (χ3v) is 2.25. The Bertz CT molecular complexity index is 395. The van der Waals surface area contributed by atoms with Gasteiger partial charge >= 0.3 is 6.18 Å². The molecule has 0 aliphatic carbocycles. The molecule has 1 rings (SSSR count). The standard InChI is InChI=1S/C10H12F3NO3/c11-10(12,13)7-3-5(14)1-2-6(7)9(17)8(16)4-15/h1-3,8-9,15-17H,4,14H2. The predicted octanol–water partition coefficient (Wildman–Crippen LogP) is 0.674. The van der Waals surface area contributed by atoms with Crippen LogP contribution in [0.1, 0.15) is 17.2 Å². The highest BCUT2D eigenvalue weighted by Gasteiger charge is 2.36.